The third kappa shape index (κ3) is 5.66. The van der Waals surface area contributed by atoms with Crippen molar-refractivity contribution in [2.45, 2.75) is 71.5 Å². The van der Waals surface area contributed by atoms with Gasteiger partial charge in [0.2, 0.25) is 0 Å². The maximum Gasteiger partial charge on any atom is 0.0806 e. The minimum atomic E-state index is 0.233. The Labute approximate surface area is 119 Å². The Morgan fingerprint density at radius 1 is 1.16 bits per heavy atom. The standard InChI is InChI=1S/C17H32O2/c1-5-6-7-8-9-10-11-12-16-15(3)17(18-4)14(2)13-19-16/h11-12,14-17H,5-10,13H2,1-4H3/b12-11+/t14-,15-,16-,17-/m0/s1. The van der Waals surface area contributed by atoms with Crippen LogP contribution in [0.3, 0.4) is 0 Å². The molecule has 0 aromatic carbocycles. The van der Waals surface area contributed by atoms with Gasteiger partial charge in [0.25, 0.3) is 0 Å². The predicted molar refractivity (Wildman–Crippen MR) is 81.4 cm³/mol. The fourth-order valence-corrected chi connectivity index (χ4v) is 2.99. The first-order valence-corrected chi connectivity index (χ1v) is 8.01. The summed E-state index contributed by atoms with van der Waals surface area (Å²) in [6, 6.07) is 0. The minimum absolute atomic E-state index is 0.233. The Morgan fingerprint density at radius 2 is 1.89 bits per heavy atom. The van der Waals surface area contributed by atoms with Crippen molar-refractivity contribution in [2.24, 2.45) is 11.8 Å². The quantitative estimate of drug-likeness (QED) is 0.473. The van der Waals surface area contributed by atoms with Gasteiger partial charge in [-0.3, -0.25) is 0 Å². The summed E-state index contributed by atoms with van der Waals surface area (Å²) >= 11 is 0. The molecule has 0 saturated carbocycles. The summed E-state index contributed by atoms with van der Waals surface area (Å²) in [6.07, 6.45) is 13.0. The number of hydrogen-bond donors (Lipinski definition) is 0. The molecule has 2 heteroatoms. The molecule has 1 heterocycles. The zero-order valence-corrected chi connectivity index (χ0v) is 13.2. The largest absolute Gasteiger partial charge is 0.381 e. The van der Waals surface area contributed by atoms with Crippen LogP contribution in [0.5, 0.6) is 0 Å². The zero-order valence-electron chi connectivity index (χ0n) is 13.2. The summed E-state index contributed by atoms with van der Waals surface area (Å²) in [5.41, 5.74) is 0. The first-order chi connectivity index (χ1) is 9.20. The van der Waals surface area contributed by atoms with E-state index in [1.165, 1.54) is 38.5 Å². The summed E-state index contributed by atoms with van der Waals surface area (Å²) in [7, 11) is 1.82. The fraction of sp³-hybridized carbons (Fsp3) is 0.882. The lowest BCUT2D eigenvalue weighted by atomic mass is 9.86. The lowest BCUT2D eigenvalue weighted by molar-refractivity contribution is -0.113. The minimum Gasteiger partial charge on any atom is -0.381 e. The summed E-state index contributed by atoms with van der Waals surface area (Å²) in [5.74, 6) is 0.948. The van der Waals surface area contributed by atoms with Gasteiger partial charge in [0.15, 0.2) is 0 Å². The molecule has 0 aromatic heterocycles. The molecule has 1 aliphatic heterocycles. The molecule has 4 atom stereocenters. The Balaban J connectivity index is 2.24. The van der Waals surface area contributed by atoms with Crippen molar-refractivity contribution < 1.29 is 9.47 Å². The Hall–Kier alpha value is -0.340. The van der Waals surface area contributed by atoms with Crippen LogP contribution in [0, 0.1) is 11.8 Å². The maximum absolute atomic E-state index is 5.91. The van der Waals surface area contributed by atoms with Crippen molar-refractivity contribution in [1.82, 2.24) is 0 Å². The van der Waals surface area contributed by atoms with Gasteiger partial charge in [-0.15, -0.1) is 0 Å². The van der Waals surface area contributed by atoms with E-state index >= 15 is 0 Å². The van der Waals surface area contributed by atoms with E-state index in [-0.39, 0.29) is 6.10 Å². The summed E-state index contributed by atoms with van der Waals surface area (Å²) < 4.78 is 11.5. The maximum atomic E-state index is 5.91. The van der Waals surface area contributed by atoms with Crippen LogP contribution in [0.25, 0.3) is 0 Å². The van der Waals surface area contributed by atoms with E-state index in [4.69, 9.17) is 9.47 Å². The highest BCUT2D eigenvalue weighted by Gasteiger charge is 2.34. The number of methoxy groups -OCH3 is 1. The van der Waals surface area contributed by atoms with E-state index in [1.807, 2.05) is 7.11 Å². The van der Waals surface area contributed by atoms with Crippen molar-refractivity contribution in [3.8, 4) is 0 Å². The van der Waals surface area contributed by atoms with Crippen molar-refractivity contribution in [3.63, 3.8) is 0 Å². The number of allylic oxidation sites excluding steroid dienone is 1. The van der Waals surface area contributed by atoms with Crippen LogP contribution in [0.1, 0.15) is 59.3 Å². The molecule has 0 N–H and O–H groups in total. The predicted octanol–water partition coefficient (Wildman–Crippen LogP) is 4.59. The van der Waals surface area contributed by atoms with Crippen molar-refractivity contribution in [1.29, 1.82) is 0 Å². The topological polar surface area (TPSA) is 18.5 Å². The van der Waals surface area contributed by atoms with Crippen LogP contribution < -0.4 is 0 Å². The second-order valence-electron chi connectivity index (χ2n) is 5.97. The molecular weight excluding hydrogens is 236 g/mol. The van der Waals surface area contributed by atoms with Gasteiger partial charge in [-0.05, 0) is 12.8 Å². The first kappa shape index (κ1) is 16.7. The Morgan fingerprint density at radius 3 is 2.58 bits per heavy atom. The molecule has 1 fully saturated rings. The van der Waals surface area contributed by atoms with E-state index in [2.05, 4.69) is 32.9 Å². The van der Waals surface area contributed by atoms with E-state index in [0.717, 1.165) is 6.61 Å². The molecule has 112 valence electrons. The van der Waals surface area contributed by atoms with Gasteiger partial charge in [-0.25, -0.2) is 0 Å². The van der Waals surface area contributed by atoms with Gasteiger partial charge >= 0.3 is 0 Å². The summed E-state index contributed by atoms with van der Waals surface area (Å²) in [4.78, 5) is 0. The van der Waals surface area contributed by atoms with E-state index in [1.54, 1.807) is 0 Å². The van der Waals surface area contributed by atoms with Gasteiger partial charge in [-0.2, -0.15) is 0 Å². The van der Waals surface area contributed by atoms with Crippen LogP contribution >= 0.6 is 0 Å². The SMILES string of the molecule is CCCCCCC/C=C/[C@@H]1OC[C@H](C)[C@H](OC)[C@H]1C. The van der Waals surface area contributed by atoms with Gasteiger partial charge in [-0.1, -0.05) is 58.6 Å². The smallest absolute Gasteiger partial charge is 0.0806 e. The van der Waals surface area contributed by atoms with Gasteiger partial charge in [0.05, 0.1) is 18.8 Å². The normalized spacial score (nSPS) is 32.0. The highest BCUT2D eigenvalue weighted by molar-refractivity contribution is 4.97. The number of ether oxygens (including phenoxy) is 2. The van der Waals surface area contributed by atoms with Crippen molar-refractivity contribution in [2.75, 3.05) is 13.7 Å². The monoisotopic (exact) mass is 268 g/mol. The number of hydrogen-bond acceptors (Lipinski definition) is 2. The van der Waals surface area contributed by atoms with Gasteiger partial charge in [0.1, 0.15) is 0 Å². The van der Waals surface area contributed by atoms with Crippen LogP contribution in [-0.2, 0) is 9.47 Å². The average molecular weight is 268 g/mol. The molecule has 2 nitrogen and oxygen atoms in total. The third-order valence-corrected chi connectivity index (χ3v) is 4.22. The van der Waals surface area contributed by atoms with E-state index in [0.29, 0.717) is 17.9 Å². The molecule has 19 heavy (non-hydrogen) atoms. The van der Waals surface area contributed by atoms with Gasteiger partial charge in [0, 0.05) is 18.9 Å². The second-order valence-corrected chi connectivity index (χ2v) is 5.97. The zero-order chi connectivity index (χ0) is 14.1. The van der Waals surface area contributed by atoms with Crippen LogP contribution in [0.15, 0.2) is 12.2 Å². The van der Waals surface area contributed by atoms with E-state index in [9.17, 15) is 0 Å². The molecule has 0 aliphatic carbocycles. The highest BCUT2D eigenvalue weighted by atomic mass is 16.5. The van der Waals surface area contributed by atoms with E-state index < -0.39 is 0 Å². The average Bonchev–Trinajstić information content (AvgIpc) is 2.40. The molecule has 0 amide bonds. The van der Waals surface area contributed by atoms with Crippen LogP contribution in [0.4, 0.5) is 0 Å². The molecule has 0 bridgehead atoms. The highest BCUT2D eigenvalue weighted by Crippen LogP contribution is 2.28. The lowest BCUT2D eigenvalue weighted by Gasteiger charge is -2.38. The summed E-state index contributed by atoms with van der Waals surface area (Å²) in [6.45, 7) is 7.52. The molecule has 1 saturated heterocycles. The molecule has 0 radical (unpaired) electrons. The van der Waals surface area contributed by atoms with Crippen LogP contribution in [-0.4, -0.2) is 25.9 Å². The lowest BCUT2D eigenvalue weighted by Crippen LogP contribution is -2.43. The molecule has 0 aromatic rings. The third-order valence-electron chi connectivity index (χ3n) is 4.22. The fourth-order valence-electron chi connectivity index (χ4n) is 2.99. The first-order valence-electron chi connectivity index (χ1n) is 8.01. The summed E-state index contributed by atoms with van der Waals surface area (Å²) in [5, 5.41) is 0. The number of rotatable bonds is 8. The number of unbranched alkanes of at least 4 members (excludes halogenated alkanes) is 5. The van der Waals surface area contributed by atoms with Gasteiger partial charge < -0.3 is 9.47 Å². The molecule has 0 spiro atoms. The Bertz CT molecular complexity index is 250. The Kier molecular flexibility index (Phi) is 8.40. The molecule has 0 unspecified atom stereocenters. The molecule has 1 rings (SSSR count). The van der Waals surface area contributed by atoms with Crippen molar-refractivity contribution in [3.05, 3.63) is 12.2 Å². The van der Waals surface area contributed by atoms with Crippen LogP contribution in [0.2, 0.25) is 0 Å². The van der Waals surface area contributed by atoms with Crippen molar-refractivity contribution >= 4 is 0 Å². The second kappa shape index (κ2) is 9.55. The molecule has 1 aliphatic rings. The molecular formula is C17H32O2.